The van der Waals surface area contributed by atoms with E-state index in [1.165, 1.54) is 32.0 Å². The topological polar surface area (TPSA) is 20.2 Å². The van der Waals surface area contributed by atoms with E-state index in [2.05, 4.69) is 42.5 Å². The minimum atomic E-state index is -0.273. The Kier molecular flexibility index (Phi) is 2.36. The third kappa shape index (κ3) is 1.66. The monoisotopic (exact) mass is 248 g/mol. The number of aliphatic hydroxyl groups is 1. The number of benzene rings is 2. The average Bonchev–Trinajstić information content (AvgIpc) is 2.46. The second-order valence-electron chi connectivity index (χ2n) is 5.43. The summed E-state index contributed by atoms with van der Waals surface area (Å²) in [7, 11) is 0. The molecule has 1 heteroatoms. The molecule has 0 amide bonds. The lowest BCUT2D eigenvalue weighted by atomic mass is 9.88. The summed E-state index contributed by atoms with van der Waals surface area (Å²) in [6, 6.07) is 13.0. The van der Waals surface area contributed by atoms with Crippen LogP contribution in [-0.2, 0) is 12.8 Å². The van der Waals surface area contributed by atoms with Gasteiger partial charge in [0.25, 0.3) is 0 Å². The summed E-state index contributed by atoms with van der Waals surface area (Å²) in [5.41, 5.74) is 2.90. The Balaban J connectivity index is 2.19. The molecule has 2 aliphatic rings. The molecule has 0 aliphatic heterocycles. The van der Waals surface area contributed by atoms with Gasteiger partial charge in [0, 0.05) is 0 Å². The highest BCUT2D eigenvalue weighted by molar-refractivity contribution is 5.48. The molecule has 0 radical (unpaired) electrons. The number of hydrogen-bond acceptors (Lipinski definition) is 1. The third-order valence-corrected chi connectivity index (χ3v) is 4.31. The van der Waals surface area contributed by atoms with Gasteiger partial charge in [-0.15, -0.1) is 0 Å². The molecule has 1 unspecified atom stereocenters. The molecule has 1 N–H and O–H groups in total. The first-order valence-corrected chi connectivity index (χ1v) is 6.93. The Labute approximate surface area is 111 Å². The molecule has 19 heavy (non-hydrogen) atoms. The summed E-state index contributed by atoms with van der Waals surface area (Å²) in [5.74, 6) is 0. The fourth-order valence-electron chi connectivity index (χ4n) is 3.36. The van der Waals surface area contributed by atoms with E-state index in [9.17, 15) is 5.11 Å². The zero-order valence-electron chi connectivity index (χ0n) is 10.8. The van der Waals surface area contributed by atoms with Crippen molar-refractivity contribution < 1.29 is 5.11 Å². The molecule has 1 atom stereocenters. The van der Waals surface area contributed by atoms with E-state index < -0.39 is 0 Å². The lowest BCUT2D eigenvalue weighted by Gasteiger charge is -2.18. The van der Waals surface area contributed by atoms with Crippen LogP contribution >= 0.6 is 0 Å². The molecule has 1 nitrogen and oxygen atoms in total. The average molecular weight is 248 g/mol. The van der Waals surface area contributed by atoms with Crippen LogP contribution < -0.4 is 10.4 Å². The van der Waals surface area contributed by atoms with Crippen molar-refractivity contribution in [1.29, 1.82) is 0 Å². The molecule has 2 aromatic rings. The first kappa shape index (κ1) is 11.0. The lowest BCUT2D eigenvalue weighted by molar-refractivity contribution is 0.224. The molecule has 0 saturated carbocycles. The van der Waals surface area contributed by atoms with Gasteiger partial charge in [0.15, 0.2) is 0 Å². The fourth-order valence-corrected chi connectivity index (χ4v) is 3.36. The van der Waals surface area contributed by atoms with Crippen molar-refractivity contribution >= 4 is 12.2 Å². The van der Waals surface area contributed by atoms with Crippen LogP contribution in [0.5, 0.6) is 0 Å². The largest absolute Gasteiger partial charge is 0.389 e. The number of aliphatic hydroxyl groups excluding tert-OH is 1. The third-order valence-electron chi connectivity index (χ3n) is 4.31. The highest BCUT2D eigenvalue weighted by Gasteiger charge is 2.14. The van der Waals surface area contributed by atoms with Crippen molar-refractivity contribution in [2.45, 2.75) is 25.4 Å². The van der Waals surface area contributed by atoms with Crippen LogP contribution in [0.2, 0.25) is 0 Å². The Hall–Kier alpha value is -1.86. The Bertz CT molecular complexity index is 862. The highest BCUT2D eigenvalue weighted by Crippen LogP contribution is 2.17. The molecule has 0 spiro atoms. The maximum Gasteiger partial charge on any atom is 0.0732 e. The minimum absolute atomic E-state index is 0.273. The molecule has 0 heterocycles. The summed E-state index contributed by atoms with van der Waals surface area (Å²) >= 11 is 0. The molecule has 0 saturated heterocycles. The summed E-state index contributed by atoms with van der Waals surface area (Å²) in [6.45, 7) is 0. The van der Waals surface area contributed by atoms with Gasteiger partial charge in [0.2, 0.25) is 0 Å². The minimum Gasteiger partial charge on any atom is -0.389 e. The van der Waals surface area contributed by atoms with Gasteiger partial charge in [0.1, 0.15) is 0 Å². The first-order valence-electron chi connectivity index (χ1n) is 6.93. The van der Waals surface area contributed by atoms with E-state index in [0.717, 1.165) is 19.3 Å². The van der Waals surface area contributed by atoms with Crippen LogP contribution in [0.25, 0.3) is 12.2 Å². The normalized spacial score (nSPS) is 19.5. The Morgan fingerprint density at radius 1 is 0.895 bits per heavy atom. The van der Waals surface area contributed by atoms with E-state index in [1.54, 1.807) is 0 Å². The molecule has 0 aromatic heterocycles. The van der Waals surface area contributed by atoms with Gasteiger partial charge >= 0.3 is 0 Å². The molecule has 4 rings (SSSR count). The second kappa shape index (κ2) is 4.07. The first-order chi connectivity index (χ1) is 9.33. The van der Waals surface area contributed by atoms with Gasteiger partial charge in [-0.1, -0.05) is 42.5 Å². The summed E-state index contributed by atoms with van der Waals surface area (Å²) in [6.07, 6.45) is 6.91. The van der Waals surface area contributed by atoms with E-state index in [-0.39, 0.29) is 6.10 Å². The van der Waals surface area contributed by atoms with Crippen LogP contribution in [0.15, 0.2) is 36.4 Å². The van der Waals surface area contributed by atoms with Gasteiger partial charge in [-0.05, 0) is 57.3 Å². The maximum absolute atomic E-state index is 9.75. The van der Waals surface area contributed by atoms with Crippen molar-refractivity contribution in [1.82, 2.24) is 0 Å². The van der Waals surface area contributed by atoms with Gasteiger partial charge in [-0.2, -0.15) is 0 Å². The van der Waals surface area contributed by atoms with Crippen LogP contribution in [-0.4, -0.2) is 11.2 Å². The van der Waals surface area contributed by atoms with Gasteiger partial charge < -0.3 is 5.11 Å². The van der Waals surface area contributed by atoms with E-state index in [0.29, 0.717) is 0 Å². The lowest BCUT2D eigenvalue weighted by Crippen LogP contribution is -2.24. The van der Waals surface area contributed by atoms with Crippen LogP contribution in [0, 0.1) is 10.4 Å². The van der Waals surface area contributed by atoms with E-state index >= 15 is 0 Å². The summed E-state index contributed by atoms with van der Waals surface area (Å²) in [4.78, 5) is 0. The molecule has 0 bridgehead atoms. The molecular formula is C18H16O. The van der Waals surface area contributed by atoms with Gasteiger partial charge in [-0.25, -0.2) is 0 Å². The quantitative estimate of drug-likeness (QED) is 0.747. The number of rotatable bonds is 0. The van der Waals surface area contributed by atoms with E-state index in [4.69, 9.17) is 0 Å². The van der Waals surface area contributed by atoms with E-state index in [1.807, 2.05) is 6.08 Å². The molecular weight excluding hydrogens is 232 g/mol. The second-order valence-corrected chi connectivity index (χ2v) is 5.43. The number of hydrogen-bond donors (Lipinski definition) is 1. The van der Waals surface area contributed by atoms with Gasteiger partial charge in [0.05, 0.1) is 6.10 Å². The molecule has 94 valence electrons. The van der Waals surface area contributed by atoms with Crippen molar-refractivity contribution in [3.8, 4) is 0 Å². The van der Waals surface area contributed by atoms with Gasteiger partial charge in [-0.3, -0.25) is 0 Å². The smallest absolute Gasteiger partial charge is 0.0732 e. The standard InChI is InChI=1S/C18H16O/c19-14-7-10-16-13(11-14)6-9-17-15-4-2-1-3-12(15)5-8-18(16)17/h1-6,9,11,14,19H,7-8,10H2. The van der Waals surface area contributed by atoms with Crippen molar-refractivity contribution in [2.24, 2.45) is 0 Å². The molecule has 0 fully saturated rings. The zero-order chi connectivity index (χ0) is 12.8. The Morgan fingerprint density at radius 3 is 2.74 bits per heavy atom. The summed E-state index contributed by atoms with van der Waals surface area (Å²) in [5, 5.41) is 15.0. The van der Waals surface area contributed by atoms with Crippen molar-refractivity contribution in [2.75, 3.05) is 0 Å². The maximum atomic E-state index is 9.75. The fraction of sp³-hybridized carbons (Fsp3) is 0.222. The van der Waals surface area contributed by atoms with Crippen LogP contribution in [0.4, 0.5) is 0 Å². The summed E-state index contributed by atoms with van der Waals surface area (Å²) < 4.78 is 0. The van der Waals surface area contributed by atoms with Crippen molar-refractivity contribution in [3.05, 3.63) is 68.4 Å². The predicted molar refractivity (Wildman–Crippen MR) is 76.8 cm³/mol. The molecule has 2 aromatic carbocycles. The SMILES string of the molecule is OC1C=c2ccc3c(c2CC1)CC=c1ccccc1=3. The van der Waals surface area contributed by atoms with Crippen molar-refractivity contribution in [3.63, 3.8) is 0 Å². The highest BCUT2D eigenvalue weighted by atomic mass is 16.3. The van der Waals surface area contributed by atoms with Crippen LogP contribution in [0.3, 0.4) is 0 Å². The molecule has 2 aliphatic carbocycles. The Morgan fingerprint density at radius 2 is 1.79 bits per heavy atom. The number of fused-ring (bicyclic) bond motifs is 4. The van der Waals surface area contributed by atoms with Crippen LogP contribution in [0.1, 0.15) is 17.5 Å². The predicted octanol–water partition coefficient (Wildman–Crippen LogP) is 1.40. The zero-order valence-corrected chi connectivity index (χ0v) is 10.8.